The summed E-state index contributed by atoms with van der Waals surface area (Å²) >= 11 is 0. The van der Waals surface area contributed by atoms with Crippen LogP contribution in [0.4, 0.5) is 0 Å². The van der Waals surface area contributed by atoms with Gasteiger partial charge in [0.05, 0.1) is 6.61 Å². The molecule has 6 heteroatoms. The largest absolute Gasteiger partial charge is 0.395 e. The molecule has 0 aliphatic heterocycles. The Kier molecular flexibility index (Phi) is 6.85. The van der Waals surface area contributed by atoms with Gasteiger partial charge < -0.3 is 5.11 Å². The first-order valence-electron chi connectivity index (χ1n) is 6.78. The van der Waals surface area contributed by atoms with E-state index < -0.39 is 10.2 Å². The predicted octanol–water partition coefficient (Wildman–Crippen LogP) is 1.10. The number of aliphatic hydroxyl groups excluding tert-OH is 1. The summed E-state index contributed by atoms with van der Waals surface area (Å²) in [7, 11) is -1.93. The molecule has 116 valence electrons. The fourth-order valence-corrected chi connectivity index (χ4v) is 2.64. The van der Waals surface area contributed by atoms with Gasteiger partial charge in [0, 0.05) is 31.6 Å². The molecule has 21 heavy (non-hydrogen) atoms. The predicted molar refractivity (Wildman–Crippen MR) is 83.7 cm³/mol. The Morgan fingerprint density at radius 2 is 2.10 bits per heavy atom. The Morgan fingerprint density at radius 3 is 2.71 bits per heavy atom. The Balaban J connectivity index is 2.73. The topological polar surface area (TPSA) is 69.6 Å². The molecule has 0 radical (unpaired) electrons. The van der Waals surface area contributed by atoms with E-state index in [4.69, 9.17) is 5.11 Å². The van der Waals surface area contributed by atoms with Gasteiger partial charge in [-0.1, -0.05) is 24.0 Å². The van der Waals surface area contributed by atoms with E-state index in [9.17, 15) is 8.42 Å². The summed E-state index contributed by atoms with van der Waals surface area (Å²) in [6.07, 6.45) is 0.427. The second kappa shape index (κ2) is 8.15. The zero-order valence-corrected chi connectivity index (χ0v) is 13.4. The third-order valence-electron chi connectivity index (χ3n) is 2.96. The van der Waals surface area contributed by atoms with Gasteiger partial charge in [-0.25, -0.2) is 0 Å². The van der Waals surface area contributed by atoms with Crippen molar-refractivity contribution in [2.75, 3.05) is 13.7 Å². The van der Waals surface area contributed by atoms with Gasteiger partial charge in [-0.15, -0.1) is 0 Å². The third kappa shape index (κ3) is 5.86. The zero-order chi connectivity index (χ0) is 15.9. The molecule has 1 aromatic carbocycles. The molecule has 0 unspecified atom stereocenters. The van der Waals surface area contributed by atoms with Gasteiger partial charge >= 0.3 is 0 Å². The second-order valence-corrected chi connectivity index (χ2v) is 6.73. The molecule has 0 amide bonds. The minimum Gasteiger partial charge on any atom is -0.395 e. The maximum atomic E-state index is 12.0. The normalized spacial score (nSPS) is 11.5. The number of aliphatic hydroxyl groups is 1. The van der Waals surface area contributed by atoms with Gasteiger partial charge in [0.2, 0.25) is 0 Å². The number of hydrogen-bond acceptors (Lipinski definition) is 3. The van der Waals surface area contributed by atoms with Gasteiger partial charge in [-0.3, -0.25) is 0 Å². The molecule has 0 aliphatic rings. The van der Waals surface area contributed by atoms with E-state index in [1.165, 1.54) is 4.31 Å². The molecule has 0 atom stereocenters. The first kappa shape index (κ1) is 17.7. The van der Waals surface area contributed by atoms with Crippen molar-refractivity contribution in [3.63, 3.8) is 0 Å². The number of benzene rings is 1. The van der Waals surface area contributed by atoms with Gasteiger partial charge in [0.15, 0.2) is 0 Å². The van der Waals surface area contributed by atoms with Crippen molar-refractivity contribution in [1.82, 2.24) is 9.03 Å². The van der Waals surface area contributed by atoms with Gasteiger partial charge in [-0.2, -0.15) is 17.4 Å². The van der Waals surface area contributed by atoms with E-state index >= 15 is 0 Å². The highest BCUT2D eigenvalue weighted by Gasteiger charge is 2.19. The average molecular weight is 310 g/mol. The maximum absolute atomic E-state index is 12.0. The highest BCUT2D eigenvalue weighted by molar-refractivity contribution is 7.87. The monoisotopic (exact) mass is 310 g/mol. The number of hydrogen-bond donors (Lipinski definition) is 2. The van der Waals surface area contributed by atoms with Crippen LogP contribution in [-0.4, -0.2) is 37.5 Å². The summed E-state index contributed by atoms with van der Waals surface area (Å²) in [5.41, 5.74) is 1.64. The molecule has 0 spiro atoms. The van der Waals surface area contributed by atoms with E-state index in [1.54, 1.807) is 7.05 Å². The summed E-state index contributed by atoms with van der Waals surface area (Å²) in [5.74, 6) is 5.76. The fourth-order valence-electron chi connectivity index (χ4n) is 1.53. The van der Waals surface area contributed by atoms with Crippen molar-refractivity contribution in [3.05, 3.63) is 35.4 Å². The third-order valence-corrected chi connectivity index (χ3v) is 4.65. The van der Waals surface area contributed by atoms with Crippen LogP contribution in [0.1, 0.15) is 31.4 Å². The highest BCUT2D eigenvalue weighted by atomic mass is 32.2. The molecule has 1 rings (SSSR count). The fraction of sp³-hybridized carbons (Fsp3) is 0.467. The molecule has 2 N–H and O–H groups in total. The molecule has 0 saturated carbocycles. The van der Waals surface area contributed by atoms with Crippen molar-refractivity contribution in [2.45, 2.75) is 32.9 Å². The number of nitrogens with one attached hydrogen (secondary N) is 1. The first-order valence-corrected chi connectivity index (χ1v) is 8.22. The quantitative estimate of drug-likeness (QED) is 0.773. The van der Waals surface area contributed by atoms with Crippen LogP contribution in [0.3, 0.4) is 0 Å². The average Bonchev–Trinajstić information content (AvgIpc) is 2.45. The van der Waals surface area contributed by atoms with E-state index in [1.807, 2.05) is 38.1 Å². The summed E-state index contributed by atoms with van der Waals surface area (Å²) in [6.45, 7) is 3.89. The maximum Gasteiger partial charge on any atom is 0.279 e. The molecular formula is C15H22N2O3S. The first-order chi connectivity index (χ1) is 9.86. The van der Waals surface area contributed by atoms with E-state index in [2.05, 4.69) is 16.6 Å². The standard InChI is InChI=1S/C15H22N2O3S/c1-13(2)17(3)21(19,20)16-12-15-9-6-8-14(11-15)7-4-5-10-18/h6,8-9,11,13,16,18H,5,10,12H2,1-3H3. The van der Waals surface area contributed by atoms with E-state index in [-0.39, 0.29) is 19.2 Å². The molecule has 0 fully saturated rings. The molecular weight excluding hydrogens is 288 g/mol. The van der Waals surface area contributed by atoms with Crippen molar-refractivity contribution in [3.8, 4) is 11.8 Å². The number of nitrogens with zero attached hydrogens (tertiary/aromatic N) is 1. The molecule has 1 aromatic rings. The van der Waals surface area contributed by atoms with Crippen LogP contribution in [0.5, 0.6) is 0 Å². The Bertz CT molecular complexity index is 615. The molecule has 0 aromatic heterocycles. The van der Waals surface area contributed by atoms with Gasteiger partial charge in [0.25, 0.3) is 10.2 Å². The Hall–Kier alpha value is -1.39. The van der Waals surface area contributed by atoms with Crippen LogP contribution in [0.2, 0.25) is 0 Å². The van der Waals surface area contributed by atoms with Crippen LogP contribution in [-0.2, 0) is 16.8 Å². The minimum atomic E-state index is -3.48. The van der Waals surface area contributed by atoms with Crippen LogP contribution >= 0.6 is 0 Å². The molecule has 0 saturated heterocycles. The lowest BCUT2D eigenvalue weighted by molar-refractivity contribution is 0.305. The van der Waals surface area contributed by atoms with E-state index in [0.717, 1.165) is 11.1 Å². The van der Waals surface area contributed by atoms with Crippen molar-refractivity contribution in [1.29, 1.82) is 0 Å². The lowest BCUT2D eigenvalue weighted by atomic mass is 10.1. The van der Waals surface area contributed by atoms with Crippen LogP contribution in [0, 0.1) is 11.8 Å². The second-order valence-electron chi connectivity index (χ2n) is 4.91. The minimum absolute atomic E-state index is 0.0357. The molecule has 0 bridgehead atoms. The van der Waals surface area contributed by atoms with Crippen molar-refractivity contribution < 1.29 is 13.5 Å². The summed E-state index contributed by atoms with van der Waals surface area (Å²) < 4.78 is 27.9. The molecule has 0 aliphatic carbocycles. The van der Waals surface area contributed by atoms with Crippen LogP contribution in [0.15, 0.2) is 24.3 Å². The number of rotatable bonds is 6. The summed E-state index contributed by atoms with van der Waals surface area (Å²) in [5, 5.41) is 8.69. The van der Waals surface area contributed by atoms with Gasteiger partial charge in [-0.05, 0) is 31.5 Å². The van der Waals surface area contributed by atoms with Crippen LogP contribution < -0.4 is 4.72 Å². The molecule has 0 heterocycles. The lowest BCUT2D eigenvalue weighted by Crippen LogP contribution is -2.41. The zero-order valence-electron chi connectivity index (χ0n) is 12.6. The van der Waals surface area contributed by atoms with E-state index in [0.29, 0.717) is 6.42 Å². The smallest absolute Gasteiger partial charge is 0.279 e. The summed E-state index contributed by atoms with van der Waals surface area (Å²) in [4.78, 5) is 0. The van der Waals surface area contributed by atoms with Crippen molar-refractivity contribution in [2.24, 2.45) is 0 Å². The summed E-state index contributed by atoms with van der Waals surface area (Å²) in [6, 6.07) is 7.26. The molecule has 5 nitrogen and oxygen atoms in total. The van der Waals surface area contributed by atoms with Gasteiger partial charge in [0.1, 0.15) is 0 Å². The van der Waals surface area contributed by atoms with Crippen molar-refractivity contribution >= 4 is 10.2 Å². The SMILES string of the molecule is CC(C)N(C)S(=O)(=O)NCc1cccc(C#CCCO)c1. The lowest BCUT2D eigenvalue weighted by Gasteiger charge is -2.21. The highest BCUT2D eigenvalue weighted by Crippen LogP contribution is 2.06. The Morgan fingerprint density at radius 1 is 1.38 bits per heavy atom. The van der Waals surface area contributed by atoms with Crippen LogP contribution in [0.25, 0.3) is 0 Å². The Labute approximate surface area is 127 Å².